The molecule has 20 heavy (non-hydrogen) atoms. The Morgan fingerprint density at radius 1 is 1.30 bits per heavy atom. The minimum atomic E-state index is 0.0236. The van der Waals surface area contributed by atoms with Gasteiger partial charge in [-0.1, -0.05) is 0 Å². The summed E-state index contributed by atoms with van der Waals surface area (Å²) in [5.74, 6) is 0.899. The van der Waals surface area contributed by atoms with E-state index >= 15 is 0 Å². The Labute approximate surface area is 118 Å². The highest BCUT2D eigenvalue weighted by molar-refractivity contribution is 5.79. The van der Waals surface area contributed by atoms with Crippen LogP contribution in [0.15, 0.2) is 18.6 Å². The van der Waals surface area contributed by atoms with E-state index in [0.29, 0.717) is 25.6 Å². The lowest BCUT2D eigenvalue weighted by Crippen LogP contribution is -2.38. The largest absolute Gasteiger partial charge is 0.471 e. The van der Waals surface area contributed by atoms with Gasteiger partial charge in [0.05, 0.1) is 12.7 Å². The van der Waals surface area contributed by atoms with E-state index in [4.69, 9.17) is 9.47 Å². The second-order valence-electron chi connectivity index (χ2n) is 5.24. The van der Waals surface area contributed by atoms with E-state index in [1.807, 2.05) is 4.90 Å². The monoisotopic (exact) mass is 277 g/mol. The van der Waals surface area contributed by atoms with Crippen molar-refractivity contribution in [1.82, 2.24) is 14.9 Å². The molecule has 0 radical (unpaired) electrons. The number of hydrogen-bond acceptors (Lipinski definition) is 5. The van der Waals surface area contributed by atoms with Crippen LogP contribution in [0.25, 0.3) is 0 Å². The predicted molar refractivity (Wildman–Crippen MR) is 71.2 cm³/mol. The molecule has 2 fully saturated rings. The highest BCUT2D eigenvalue weighted by Gasteiger charge is 2.32. The smallest absolute Gasteiger partial charge is 0.232 e. The average molecular weight is 277 g/mol. The van der Waals surface area contributed by atoms with Crippen LogP contribution < -0.4 is 4.74 Å². The molecule has 0 spiro atoms. The lowest BCUT2D eigenvalue weighted by molar-refractivity contribution is -0.137. The molecule has 2 aliphatic heterocycles. The summed E-state index contributed by atoms with van der Waals surface area (Å²) in [6.07, 6.45) is 7.37. The third-order valence-corrected chi connectivity index (χ3v) is 3.85. The van der Waals surface area contributed by atoms with Crippen molar-refractivity contribution in [2.24, 2.45) is 5.92 Å². The van der Waals surface area contributed by atoms with Crippen LogP contribution in [0.3, 0.4) is 0 Å². The molecule has 0 aliphatic carbocycles. The Kier molecular flexibility index (Phi) is 4.11. The molecular weight excluding hydrogens is 258 g/mol. The lowest BCUT2D eigenvalue weighted by Gasteiger charge is -2.26. The predicted octanol–water partition coefficient (Wildman–Crippen LogP) is 0.883. The Morgan fingerprint density at radius 3 is 2.90 bits per heavy atom. The van der Waals surface area contributed by atoms with Crippen LogP contribution in [0.4, 0.5) is 0 Å². The van der Waals surface area contributed by atoms with Crippen molar-refractivity contribution in [3.05, 3.63) is 18.6 Å². The molecule has 108 valence electrons. The second kappa shape index (κ2) is 6.17. The molecule has 0 aromatic carbocycles. The molecule has 0 saturated carbocycles. The van der Waals surface area contributed by atoms with Gasteiger partial charge in [0.1, 0.15) is 6.10 Å². The van der Waals surface area contributed by atoms with Gasteiger partial charge in [0.2, 0.25) is 11.8 Å². The number of rotatable bonds is 3. The van der Waals surface area contributed by atoms with Gasteiger partial charge in [-0.3, -0.25) is 9.78 Å². The molecule has 3 rings (SSSR count). The van der Waals surface area contributed by atoms with Gasteiger partial charge in [-0.05, 0) is 12.8 Å². The normalized spacial score (nSPS) is 23.8. The van der Waals surface area contributed by atoms with Crippen molar-refractivity contribution in [2.75, 3.05) is 26.3 Å². The number of nitrogens with zero attached hydrogens (tertiary/aromatic N) is 3. The van der Waals surface area contributed by atoms with E-state index in [1.165, 1.54) is 0 Å². The summed E-state index contributed by atoms with van der Waals surface area (Å²) in [7, 11) is 0. The van der Waals surface area contributed by atoms with Gasteiger partial charge in [0, 0.05) is 44.5 Å². The number of hydrogen-bond donors (Lipinski definition) is 0. The van der Waals surface area contributed by atoms with E-state index in [-0.39, 0.29) is 17.9 Å². The minimum Gasteiger partial charge on any atom is -0.471 e. The molecule has 2 saturated heterocycles. The SMILES string of the molecule is O=C(C1CCOCC1)N1CCC(Oc2cnccn2)C1. The van der Waals surface area contributed by atoms with E-state index < -0.39 is 0 Å². The third-order valence-electron chi connectivity index (χ3n) is 3.85. The number of amides is 1. The topological polar surface area (TPSA) is 64.5 Å². The van der Waals surface area contributed by atoms with E-state index in [2.05, 4.69) is 9.97 Å². The number of ether oxygens (including phenoxy) is 2. The Morgan fingerprint density at radius 2 is 2.15 bits per heavy atom. The summed E-state index contributed by atoms with van der Waals surface area (Å²) in [6.45, 7) is 2.81. The van der Waals surface area contributed by atoms with Crippen LogP contribution in [-0.4, -0.2) is 53.2 Å². The molecule has 2 aliphatic rings. The third kappa shape index (κ3) is 3.07. The molecule has 1 atom stereocenters. The van der Waals surface area contributed by atoms with Crippen molar-refractivity contribution < 1.29 is 14.3 Å². The van der Waals surface area contributed by atoms with Crippen LogP contribution >= 0.6 is 0 Å². The van der Waals surface area contributed by atoms with Crippen molar-refractivity contribution in [3.8, 4) is 5.88 Å². The molecule has 0 bridgehead atoms. The van der Waals surface area contributed by atoms with Crippen LogP contribution in [0.5, 0.6) is 5.88 Å². The van der Waals surface area contributed by atoms with Gasteiger partial charge in [-0.25, -0.2) is 4.98 Å². The molecule has 3 heterocycles. The Hall–Kier alpha value is -1.69. The van der Waals surface area contributed by atoms with Gasteiger partial charge in [-0.2, -0.15) is 0 Å². The van der Waals surface area contributed by atoms with E-state index in [0.717, 1.165) is 25.8 Å². The number of likely N-dealkylation sites (tertiary alicyclic amines) is 1. The van der Waals surface area contributed by atoms with Gasteiger partial charge in [0.25, 0.3) is 0 Å². The number of carbonyl (C=O) groups is 1. The van der Waals surface area contributed by atoms with Crippen LogP contribution in [-0.2, 0) is 9.53 Å². The fraction of sp³-hybridized carbons (Fsp3) is 0.643. The fourth-order valence-electron chi connectivity index (χ4n) is 2.74. The molecule has 0 N–H and O–H groups in total. The molecule has 1 unspecified atom stereocenters. The molecular formula is C14H19N3O3. The first-order valence-electron chi connectivity index (χ1n) is 7.12. The van der Waals surface area contributed by atoms with Gasteiger partial charge in [0.15, 0.2) is 0 Å². The van der Waals surface area contributed by atoms with E-state index in [1.54, 1.807) is 18.6 Å². The fourth-order valence-corrected chi connectivity index (χ4v) is 2.74. The van der Waals surface area contributed by atoms with Crippen molar-refractivity contribution in [2.45, 2.75) is 25.4 Å². The van der Waals surface area contributed by atoms with Crippen molar-refractivity contribution in [3.63, 3.8) is 0 Å². The minimum absolute atomic E-state index is 0.0236. The van der Waals surface area contributed by atoms with Gasteiger partial charge in [-0.15, -0.1) is 0 Å². The van der Waals surface area contributed by atoms with Gasteiger partial charge >= 0.3 is 0 Å². The zero-order valence-electron chi connectivity index (χ0n) is 11.4. The van der Waals surface area contributed by atoms with Crippen molar-refractivity contribution >= 4 is 5.91 Å². The van der Waals surface area contributed by atoms with E-state index in [9.17, 15) is 4.79 Å². The molecule has 6 heteroatoms. The zero-order chi connectivity index (χ0) is 13.8. The summed E-state index contributed by atoms with van der Waals surface area (Å²) in [4.78, 5) is 22.4. The van der Waals surface area contributed by atoms with Gasteiger partial charge < -0.3 is 14.4 Å². The Bertz CT molecular complexity index is 448. The summed E-state index contributed by atoms with van der Waals surface area (Å²) >= 11 is 0. The quantitative estimate of drug-likeness (QED) is 0.820. The molecule has 1 aromatic heterocycles. The van der Waals surface area contributed by atoms with Crippen molar-refractivity contribution in [1.29, 1.82) is 0 Å². The molecule has 6 nitrogen and oxygen atoms in total. The summed E-state index contributed by atoms with van der Waals surface area (Å²) in [6, 6.07) is 0. The number of aromatic nitrogens is 2. The average Bonchev–Trinajstić information content (AvgIpc) is 2.97. The second-order valence-corrected chi connectivity index (χ2v) is 5.24. The first kappa shape index (κ1) is 13.3. The maximum atomic E-state index is 12.4. The first-order valence-corrected chi connectivity index (χ1v) is 7.12. The maximum Gasteiger partial charge on any atom is 0.232 e. The maximum absolute atomic E-state index is 12.4. The first-order chi connectivity index (χ1) is 9.83. The van der Waals surface area contributed by atoms with Crippen LogP contribution in [0.2, 0.25) is 0 Å². The van der Waals surface area contributed by atoms with Crippen LogP contribution in [0, 0.1) is 5.92 Å². The molecule has 1 amide bonds. The summed E-state index contributed by atoms with van der Waals surface area (Å²) in [5, 5.41) is 0. The highest BCUT2D eigenvalue weighted by Crippen LogP contribution is 2.22. The zero-order valence-corrected chi connectivity index (χ0v) is 11.4. The lowest BCUT2D eigenvalue weighted by atomic mass is 9.99. The molecule has 1 aromatic rings. The Balaban J connectivity index is 1.52. The number of carbonyl (C=O) groups excluding carboxylic acids is 1. The van der Waals surface area contributed by atoms with Crippen LogP contribution in [0.1, 0.15) is 19.3 Å². The standard InChI is InChI=1S/C14H19N3O3/c18-14(11-2-7-19-8-3-11)17-6-1-12(10-17)20-13-9-15-4-5-16-13/h4-5,9,11-12H,1-3,6-8,10H2. The summed E-state index contributed by atoms with van der Waals surface area (Å²) in [5.41, 5.74) is 0. The summed E-state index contributed by atoms with van der Waals surface area (Å²) < 4.78 is 11.1. The highest BCUT2D eigenvalue weighted by atomic mass is 16.5.